The maximum atomic E-state index is 4.39. The summed E-state index contributed by atoms with van der Waals surface area (Å²) in [5.41, 5.74) is 6.40. The number of nitrogens with zero attached hydrogens (tertiary/aromatic N) is 3. The number of hydrogen-bond acceptors (Lipinski definition) is 3. The molecule has 2 heterocycles. The Morgan fingerprint density at radius 1 is 1.08 bits per heavy atom. The van der Waals surface area contributed by atoms with Gasteiger partial charge in [-0.1, -0.05) is 23.8 Å². The third kappa shape index (κ3) is 6.38. The molecule has 2 aromatic rings. The van der Waals surface area contributed by atoms with Gasteiger partial charge in [0.1, 0.15) is 0 Å². The van der Waals surface area contributed by atoms with Crippen LogP contribution in [0.4, 0.5) is 5.69 Å². The molecular formula is C20H26IN3Zn. The summed E-state index contributed by atoms with van der Waals surface area (Å²) in [6, 6.07) is 10.6. The molecule has 25 heavy (non-hydrogen) atoms. The van der Waals surface area contributed by atoms with Crippen molar-refractivity contribution in [3.8, 4) is 0 Å². The van der Waals surface area contributed by atoms with Gasteiger partial charge in [0.2, 0.25) is 0 Å². The van der Waals surface area contributed by atoms with Crippen molar-refractivity contribution in [2.45, 2.75) is 34.2 Å². The Balaban J connectivity index is 0.000000730. The molecule has 5 heteroatoms. The van der Waals surface area contributed by atoms with E-state index >= 15 is 0 Å². The molecule has 0 atom stereocenters. The van der Waals surface area contributed by atoms with Gasteiger partial charge < -0.3 is 16.7 Å². The average Bonchev–Trinajstić information content (AvgIpc) is 3.06. The van der Waals surface area contributed by atoms with E-state index < -0.39 is 0 Å². The quantitative estimate of drug-likeness (QED) is 0.316. The number of pyridine rings is 1. The number of aryl methyl sites for hydroxylation is 3. The number of hydrogen-bond donors (Lipinski definition) is 0. The van der Waals surface area contributed by atoms with Crippen LogP contribution in [0.3, 0.4) is 0 Å². The molecule has 1 aliphatic heterocycles. The Kier molecular flexibility index (Phi) is 10.3. The summed E-state index contributed by atoms with van der Waals surface area (Å²) in [5, 5.41) is 0. The second-order valence-corrected chi connectivity index (χ2v) is 5.72. The SMILES string of the molecule is Cc1cc(C)c(N2C=CN(Cc3ccccn3)C2)c(C)c1.[CH2-]C.[Zn+][I]. The molecule has 0 radical (unpaired) electrons. The zero-order valence-corrected chi connectivity index (χ0v) is 20.8. The van der Waals surface area contributed by atoms with E-state index in [1.165, 1.54) is 37.2 Å². The fourth-order valence-electron chi connectivity index (χ4n) is 3.04. The van der Waals surface area contributed by atoms with Gasteiger partial charge in [0, 0.05) is 24.3 Å². The number of benzene rings is 1. The van der Waals surface area contributed by atoms with Crippen molar-refractivity contribution < 1.29 is 14.8 Å². The maximum absolute atomic E-state index is 4.39. The molecule has 0 unspecified atom stereocenters. The fourth-order valence-corrected chi connectivity index (χ4v) is 3.04. The summed E-state index contributed by atoms with van der Waals surface area (Å²) in [6.07, 6.45) is 6.15. The second-order valence-electron chi connectivity index (χ2n) is 5.72. The summed E-state index contributed by atoms with van der Waals surface area (Å²) < 4.78 is 0. The van der Waals surface area contributed by atoms with Crippen LogP contribution in [0.1, 0.15) is 29.3 Å². The van der Waals surface area contributed by atoms with Crippen molar-refractivity contribution in [2.24, 2.45) is 0 Å². The van der Waals surface area contributed by atoms with Gasteiger partial charge in [0.15, 0.2) is 0 Å². The van der Waals surface area contributed by atoms with Crippen LogP contribution in [0.2, 0.25) is 0 Å². The van der Waals surface area contributed by atoms with Gasteiger partial charge in [-0.05, 0) is 44.0 Å². The molecular weight excluding hydrogens is 475 g/mol. The molecule has 0 saturated heterocycles. The Bertz CT molecular complexity index is 651. The molecule has 3 rings (SSSR count). The van der Waals surface area contributed by atoms with Crippen molar-refractivity contribution in [3.05, 3.63) is 78.2 Å². The van der Waals surface area contributed by atoms with E-state index in [9.17, 15) is 0 Å². The van der Waals surface area contributed by atoms with Crippen molar-refractivity contribution in [2.75, 3.05) is 11.6 Å². The third-order valence-electron chi connectivity index (χ3n) is 3.81. The number of anilines is 1. The van der Waals surface area contributed by atoms with Gasteiger partial charge in [0.25, 0.3) is 0 Å². The molecule has 130 valence electrons. The first-order chi connectivity index (χ1) is 12.1. The van der Waals surface area contributed by atoms with Crippen LogP contribution in [-0.4, -0.2) is 16.6 Å². The summed E-state index contributed by atoms with van der Waals surface area (Å²) in [5.74, 6) is 0. The van der Waals surface area contributed by atoms with Crippen molar-refractivity contribution in [3.63, 3.8) is 0 Å². The number of aromatic nitrogens is 1. The average molecular weight is 501 g/mol. The monoisotopic (exact) mass is 499 g/mol. The standard InChI is InChI=1S/C18H21N3.C2H5.HI.Zn/c1-14-10-15(2)18(16(3)11-14)21-9-8-20(13-21)12-17-6-4-5-7-19-17;1-2;;/h4-11H,12-13H2,1-3H3;1H2,2H3;1H;/q;-1;;+2/p-1. The molecule has 0 fully saturated rings. The Morgan fingerprint density at radius 3 is 2.28 bits per heavy atom. The summed E-state index contributed by atoms with van der Waals surface area (Å²) in [6.45, 7) is 13.2. The molecule has 0 aliphatic carbocycles. The Hall–Kier alpha value is -0.937. The molecule has 1 aromatic heterocycles. The van der Waals surface area contributed by atoms with Gasteiger partial charge in [0.05, 0.1) is 18.9 Å². The van der Waals surface area contributed by atoms with Gasteiger partial charge in [-0.15, -0.1) is 0 Å². The normalized spacial score (nSPS) is 12.3. The van der Waals surface area contributed by atoms with E-state index in [0.717, 1.165) is 18.9 Å². The fraction of sp³-hybridized carbons (Fsp3) is 0.300. The predicted molar refractivity (Wildman–Crippen MR) is 112 cm³/mol. The minimum absolute atomic E-state index is 0.845. The predicted octanol–water partition coefficient (Wildman–Crippen LogP) is 5.48. The zero-order valence-electron chi connectivity index (χ0n) is 15.7. The third-order valence-corrected chi connectivity index (χ3v) is 3.81. The van der Waals surface area contributed by atoms with Crippen LogP contribution in [0, 0.1) is 27.7 Å². The van der Waals surface area contributed by atoms with Crippen molar-refractivity contribution >= 4 is 25.4 Å². The second kappa shape index (κ2) is 11.6. The first kappa shape index (κ1) is 22.1. The summed E-state index contributed by atoms with van der Waals surface area (Å²) >= 11 is 3.62. The Labute approximate surface area is 173 Å². The first-order valence-electron chi connectivity index (χ1n) is 8.28. The van der Waals surface area contributed by atoms with E-state index in [-0.39, 0.29) is 0 Å². The van der Waals surface area contributed by atoms with Crippen molar-refractivity contribution in [1.29, 1.82) is 0 Å². The number of rotatable bonds is 3. The van der Waals surface area contributed by atoms with Gasteiger partial charge >= 0.3 is 34.5 Å². The molecule has 0 N–H and O–H groups in total. The van der Waals surface area contributed by atoms with E-state index in [2.05, 4.69) is 92.8 Å². The molecule has 1 aliphatic rings. The number of halogens is 1. The molecule has 0 saturated carbocycles. The van der Waals surface area contributed by atoms with Crippen LogP contribution >= 0.6 is 19.8 Å². The van der Waals surface area contributed by atoms with Crippen LogP contribution in [0.25, 0.3) is 0 Å². The van der Waals surface area contributed by atoms with Crippen LogP contribution in [0.15, 0.2) is 48.9 Å². The van der Waals surface area contributed by atoms with E-state index in [0.29, 0.717) is 0 Å². The molecule has 0 amide bonds. The first-order valence-corrected chi connectivity index (χ1v) is 17.3. The molecule has 0 bridgehead atoms. The topological polar surface area (TPSA) is 19.4 Å². The van der Waals surface area contributed by atoms with E-state index in [1.54, 1.807) is 6.92 Å². The van der Waals surface area contributed by atoms with Gasteiger partial charge in [-0.25, -0.2) is 0 Å². The van der Waals surface area contributed by atoms with Gasteiger partial charge in [-0.2, -0.15) is 6.92 Å². The molecule has 3 nitrogen and oxygen atoms in total. The van der Waals surface area contributed by atoms with Crippen LogP contribution in [-0.2, 0) is 21.3 Å². The molecule has 0 spiro atoms. The summed E-state index contributed by atoms with van der Waals surface area (Å²) in [7, 11) is 0. The van der Waals surface area contributed by atoms with Crippen LogP contribution in [0.5, 0.6) is 0 Å². The van der Waals surface area contributed by atoms with E-state index in [4.69, 9.17) is 0 Å². The van der Waals surface area contributed by atoms with Gasteiger partial charge in [-0.3, -0.25) is 4.98 Å². The van der Waals surface area contributed by atoms with Crippen LogP contribution < -0.4 is 4.90 Å². The Morgan fingerprint density at radius 2 is 1.72 bits per heavy atom. The van der Waals surface area contributed by atoms with Crippen molar-refractivity contribution in [1.82, 2.24) is 9.88 Å². The zero-order chi connectivity index (χ0) is 18.8. The minimum atomic E-state index is 0.845. The summed E-state index contributed by atoms with van der Waals surface area (Å²) in [4.78, 5) is 8.98. The van der Waals surface area contributed by atoms with E-state index in [1.807, 2.05) is 18.3 Å². The molecule has 1 aromatic carbocycles.